The first kappa shape index (κ1) is 16.2. The van der Waals surface area contributed by atoms with Gasteiger partial charge in [-0.2, -0.15) is 5.10 Å². The SMILES string of the molecule is O=C(NC1CCN(c2cc(-c3cccs3)[nH]n2)C1)c1ccc(Cl)cc1. The Hall–Kier alpha value is -2.31. The molecule has 0 aliphatic carbocycles. The van der Waals surface area contributed by atoms with Crippen LogP contribution in [0.3, 0.4) is 0 Å². The van der Waals surface area contributed by atoms with E-state index in [1.54, 1.807) is 35.6 Å². The van der Waals surface area contributed by atoms with Crippen LogP contribution in [-0.4, -0.2) is 35.2 Å². The van der Waals surface area contributed by atoms with Crippen molar-refractivity contribution < 1.29 is 4.79 Å². The summed E-state index contributed by atoms with van der Waals surface area (Å²) in [5.41, 5.74) is 1.65. The molecule has 1 aromatic carbocycles. The maximum absolute atomic E-state index is 12.3. The van der Waals surface area contributed by atoms with E-state index in [9.17, 15) is 4.79 Å². The largest absolute Gasteiger partial charge is 0.353 e. The number of amides is 1. The molecule has 7 heteroatoms. The van der Waals surface area contributed by atoms with Crippen LogP contribution in [0.25, 0.3) is 10.6 Å². The van der Waals surface area contributed by atoms with Gasteiger partial charge in [-0.05, 0) is 42.1 Å². The number of anilines is 1. The highest BCUT2D eigenvalue weighted by atomic mass is 35.5. The normalized spacial score (nSPS) is 17.0. The highest BCUT2D eigenvalue weighted by molar-refractivity contribution is 7.13. The van der Waals surface area contributed by atoms with Crippen LogP contribution >= 0.6 is 22.9 Å². The Bertz CT molecular complexity index is 860. The van der Waals surface area contributed by atoms with Gasteiger partial charge in [0.15, 0.2) is 5.82 Å². The maximum Gasteiger partial charge on any atom is 0.251 e. The third kappa shape index (κ3) is 3.55. The smallest absolute Gasteiger partial charge is 0.251 e. The predicted octanol–water partition coefficient (Wildman–Crippen LogP) is 3.80. The molecule has 0 radical (unpaired) electrons. The van der Waals surface area contributed by atoms with Gasteiger partial charge in [0.1, 0.15) is 0 Å². The first-order chi connectivity index (χ1) is 12.2. The van der Waals surface area contributed by atoms with Gasteiger partial charge in [0, 0.05) is 35.8 Å². The fourth-order valence-corrected chi connectivity index (χ4v) is 3.81. The number of aromatic nitrogens is 2. The number of hydrogen-bond acceptors (Lipinski definition) is 4. The Labute approximate surface area is 154 Å². The molecule has 3 aromatic rings. The molecule has 2 aromatic heterocycles. The van der Waals surface area contributed by atoms with Crippen LogP contribution < -0.4 is 10.2 Å². The summed E-state index contributed by atoms with van der Waals surface area (Å²) in [4.78, 5) is 15.7. The summed E-state index contributed by atoms with van der Waals surface area (Å²) >= 11 is 7.55. The average Bonchev–Trinajstić information content (AvgIpc) is 3.36. The number of benzene rings is 1. The third-order valence-corrected chi connectivity index (χ3v) is 5.46. The van der Waals surface area contributed by atoms with E-state index in [-0.39, 0.29) is 11.9 Å². The summed E-state index contributed by atoms with van der Waals surface area (Å²) in [6, 6.07) is 13.2. The molecule has 1 aliphatic heterocycles. The molecule has 4 rings (SSSR count). The lowest BCUT2D eigenvalue weighted by Crippen LogP contribution is -2.37. The number of halogens is 1. The predicted molar refractivity (Wildman–Crippen MR) is 101 cm³/mol. The number of nitrogens with one attached hydrogen (secondary N) is 2. The van der Waals surface area contributed by atoms with Crippen LogP contribution in [0.5, 0.6) is 0 Å². The second-order valence-corrected chi connectivity index (χ2v) is 7.41. The fraction of sp³-hybridized carbons (Fsp3) is 0.222. The van der Waals surface area contributed by atoms with Crippen molar-refractivity contribution in [3.05, 3.63) is 58.4 Å². The third-order valence-electron chi connectivity index (χ3n) is 4.30. The van der Waals surface area contributed by atoms with Gasteiger partial charge in [-0.1, -0.05) is 17.7 Å². The van der Waals surface area contributed by atoms with E-state index in [0.717, 1.165) is 31.0 Å². The van der Waals surface area contributed by atoms with Gasteiger partial charge in [0.25, 0.3) is 5.91 Å². The Morgan fingerprint density at radius 1 is 1.32 bits per heavy atom. The molecule has 5 nitrogen and oxygen atoms in total. The Morgan fingerprint density at radius 2 is 2.16 bits per heavy atom. The highest BCUT2D eigenvalue weighted by Gasteiger charge is 2.26. The summed E-state index contributed by atoms with van der Waals surface area (Å²) in [6.07, 6.45) is 0.903. The van der Waals surface area contributed by atoms with Crippen molar-refractivity contribution in [2.75, 3.05) is 18.0 Å². The number of carbonyl (C=O) groups excluding carboxylic acids is 1. The minimum atomic E-state index is -0.0650. The molecule has 128 valence electrons. The number of thiophene rings is 1. The van der Waals surface area contributed by atoms with Crippen molar-refractivity contribution in [2.24, 2.45) is 0 Å². The van der Waals surface area contributed by atoms with Gasteiger partial charge in [0.2, 0.25) is 0 Å². The second-order valence-electron chi connectivity index (χ2n) is 6.03. The topological polar surface area (TPSA) is 61.0 Å². The zero-order chi connectivity index (χ0) is 17.2. The minimum Gasteiger partial charge on any atom is -0.353 e. The summed E-state index contributed by atoms with van der Waals surface area (Å²) in [7, 11) is 0. The Balaban J connectivity index is 1.38. The fourth-order valence-electron chi connectivity index (χ4n) is 2.99. The quantitative estimate of drug-likeness (QED) is 0.732. The van der Waals surface area contributed by atoms with E-state index in [2.05, 4.69) is 32.5 Å². The van der Waals surface area contributed by atoms with E-state index in [0.29, 0.717) is 10.6 Å². The van der Waals surface area contributed by atoms with E-state index < -0.39 is 0 Å². The summed E-state index contributed by atoms with van der Waals surface area (Å²) < 4.78 is 0. The molecule has 25 heavy (non-hydrogen) atoms. The zero-order valence-electron chi connectivity index (χ0n) is 13.4. The lowest BCUT2D eigenvalue weighted by molar-refractivity contribution is 0.0940. The van der Waals surface area contributed by atoms with Crippen LogP contribution in [0.1, 0.15) is 16.8 Å². The number of nitrogens with zero attached hydrogens (tertiary/aromatic N) is 2. The van der Waals surface area contributed by atoms with E-state index in [1.165, 1.54) is 4.88 Å². The number of aromatic amines is 1. The van der Waals surface area contributed by atoms with Gasteiger partial charge < -0.3 is 10.2 Å². The molecule has 3 heterocycles. The van der Waals surface area contributed by atoms with Crippen LogP contribution in [0.4, 0.5) is 5.82 Å². The summed E-state index contributed by atoms with van der Waals surface area (Å²) in [5.74, 6) is 0.858. The first-order valence-corrected chi connectivity index (χ1v) is 9.35. The lowest BCUT2D eigenvalue weighted by atomic mass is 10.2. The number of carbonyl (C=O) groups is 1. The first-order valence-electron chi connectivity index (χ1n) is 8.10. The van der Waals surface area contributed by atoms with Crippen LogP contribution in [0.15, 0.2) is 47.8 Å². The molecule has 1 amide bonds. The molecule has 1 saturated heterocycles. The Kier molecular flexibility index (Phi) is 4.46. The Morgan fingerprint density at radius 3 is 2.92 bits per heavy atom. The monoisotopic (exact) mass is 372 g/mol. The number of rotatable bonds is 4. The molecular weight excluding hydrogens is 356 g/mol. The molecular formula is C18H17ClN4OS. The second kappa shape index (κ2) is 6.90. The van der Waals surface area contributed by atoms with Gasteiger partial charge in [-0.15, -0.1) is 11.3 Å². The van der Waals surface area contributed by atoms with Crippen molar-refractivity contribution >= 4 is 34.7 Å². The van der Waals surface area contributed by atoms with Gasteiger partial charge in [-0.25, -0.2) is 0 Å². The van der Waals surface area contributed by atoms with Crippen molar-refractivity contribution in [2.45, 2.75) is 12.5 Å². The van der Waals surface area contributed by atoms with E-state index in [4.69, 9.17) is 11.6 Å². The standard InChI is InChI=1S/C18H17ClN4OS/c19-13-5-3-12(4-6-13)18(24)20-14-7-8-23(11-14)17-10-15(21-22-17)16-2-1-9-25-16/h1-6,9-10,14H,7-8,11H2,(H,20,24)(H,21,22). The minimum absolute atomic E-state index is 0.0650. The molecule has 0 saturated carbocycles. The van der Waals surface area contributed by atoms with Gasteiger partial charge in [-0.3, -0.25) is 9.89 Å². The molecule has 0 spiro atoms. The molecule has 1 aliphatic rings. The van der Waals surface area contributed by atoms with Crippen molar-refractivity contribution in [1.29, 1.82) is 0 Å². The maximum atomic E-state index is 12.3. The molecule has 0 bridgehead atoms. The van der Waals surface area contributed by atoms with E-state index >= 15 is 0 Å². The van der Waals surface area contributed by atoms with Gasteiger partial charge >= 0.3 is 0 Å². The summed E-state index contributed by atoms with van der Waals surface area (Å²) in [5, 5.41) is 13.3. The summed E-state index contributed by atoms with van der Waals surface area (Å²) in [6.45, 7) is 1.63. The zero-order valence-corrected chi connectivity index (χ0v) is 15.0. The molecule has 1 unspecified atom stereocenters. The average molecular weight is 373 g/mol. The molecule has 1 atom stereocenters. The van der Waals surface area contributed by atoms with Crippen LogP contribution in [-0.2, 0) is 0 Å². The molecule has 2 N–H and O–H groups in total. The molecule has 1 fully saturated rings. The number of H-pyrrole nitrogens is 1. The lowest BCUT2D eigenvalue weighted by Gasteiger charge is -2.16. The van der Waals surface area contributed by atoms with Crippen molar-refractivity contribution in [3.63, 3.8) is 0 Å². The van der Waals surface area contributed by atoms with Crippen LogP contribution in [0.2, 0.25) is 5.02 Å². The van der Waals surface area contributed by atoms with Crippen molar-refractivity contribution in [3.8, 4) is 10.6 Å². The van der Waals surface area contributed by atoms with E-state index in [1.807, 2.05) is 11.4 Å². The van der Waals surface area contributed by atoms with Crippen LogP contribution in [0, 0.1) is 0 Å². The van der Waals surface area contributed by atoms with Crippen molar-refractivity contribution in [1.82, 2.24) is 15.5 Å². The highest BCUT2D eigenvalue weighted by Crippen LogP contribution is 2.27. The van der Waals surface area contributed by atoms with Gasteiger partial charge in [0.05, 0.1) is 10.6 Å². The number of hydrogen-bond donors (Lipinski definition) is 2.